The minimum absolute atomic E-state index is 0.0272. The Labute approximate surface area is 133 Å². The molecular formula is C13H13Cl2N3O2S. The maximum atomic E-state index is 12.5. The average Bonchev–Trinajstić information content (AvgIpc) is 2.37. The number of sulfonamides is 1. The van der Waals surface area contributed by atoms with Crippen molar-refractivity contribution in [2.75, 3.05) is 12.8 Å². The van der Waals surface area contributed by atoms with E-state index in [9.17, 15) is 8.42 Å². The van der Waals surface area contributed by atoms with Crippen molar-refractivity contribution in [2.45, 2.75) is 11.4 Å². The van der Waals surface area contributed by atoms with Gasteiger partial charge in [-0.05, 0) is 35.9 Å². The lowest BCUT2D eigenvalue weighted by atomic mass is 10.2. The molecule has 0 saturated carbocycles. The molecule has 0 aliphatic rings. The highest BCUT2D eigenvalue weighted by Crippen LogP contribution is 2.23. The summed E-state index contributed by atoms with van der Waals surface area (Å²) in [5, 5.41) is 0.897. The van der Waals surface area contributed by atoms with Gasteiger partial charge >= 0.3 is 0 Å². The SMILES string of the molecule is CN(Cc1cc(Cl)cc(Cl)c1)S(=O)(=O)c1cccnc1N. The van der Waals surface area contributed by atoms with Crippen molar-refractivity contribution < 1.29 is 8.42 Å². The molecule has 0 saturated heterocycles. The summed E-state index contributed by atoms with van der Waals surface area (Å²) in [5.41, 5.74) is 6.31. The van der Waals surface area contributed by atoms with E-state index in [0.29, 0.717) is 15.6 Å². The van der Waals surface area contributed by atoms with Crippen molar-refractivity contribution in [2.24, 2.45) is 0 Å². The van der Waals surface area contributed by atoms with Gasteiger partial charge in [0.25, 0.3) is 0 Å². The molecule has 1 aromatic heterocycles. The van der Waals surface area contributed by atoms with Gasteiger partial charge in [0, 0.05) is 29.8 Å². The maximum Gasteiger partial charge on any atom is 0.246 e. The first kappa shape index (κ1) is 16.0. The van der Waals surface area contributed by atoms with E-state index in [4.69, 9.17) is 28.9 Å². The molecule has 0 fully saturated rings. The van der Waals surface area contributed by atoms with Crippen molar-refractivity contribution in [1.29, 1.82) is 0 Å². The smallest absolute Gasteiger partial charge is 0.246 e. The molecule has 2 aromatic rings. The zero-order chi connectivity index (χ0) is 15.6. The highest BCUT2D eigenvalue weighted by molar-refractivity contribution is 7.89. The summed E-state index contributed by atoms with van der Waals surface area (Å²) in [4.78, 5) is 3.77. The molecule has 5 nitrogen and oxygen atoms in total. The van der Waals surface area contributed by atoms with Crippen LogP contribution in [-0.4, -0.2) is 24.8 Å². The highest BCUT2D eigenvalue weighted by Gasteiger charge is 2.23. The van der Waals surface area contributed by atoms with Crippen molar-refractivity contribution in [3.05, 3.63) is 52.1 Å². The number of anilines is 1. The Morgan fingerprint density at radius 3 is 2.43 bits per heavy atom. The van der Waals surface area contributed by atoms with Crippen molar-refractivity contribution in [1.82, 2.24) is 9.29 Å². The average molecular weight is 346 g/mol. The number of hydrogen-bond donors (Lipinski definition) is 1. The van der Waals surface area contributed by atoms with Gasteiger partial charge in [-0.1, -0.05) is 23.2 Å². The molecule has 0 unspecified atom stereocenters. The third-order valence-corrected chi connectivity index (χ3v) is 5.10. The molecule has 1 heterocycles. The lowest BCUT2D eigenvalue weighted by Gasteiger charge is -2.18. The number of nitrogens with two attached hydrogens (primary N) is 1. The van der Waals surface area contributed by atoms with Gasteiger partial charge in [0.2, 0.25) is 10.0 Å². The van der Waals surface area contributed by atoms with Crippen LogP contribution in [0.2, 0.25) is 10.0 Å². The Morgan fingerprint density at radius 1 is 1.24 bits per heavy atom. The van der Waals surface area contributed by atoms with E-state index in [1.54, 1.807) is 18.2 Å². The summed E-state index contributed by atoms with van der Waals surface area (Å²) >= 11 is 11.8. The highest BCUT2D eigenvalue weighted by atomic mass is 35.5. The Morgan fingerprint density at radius 2 is 1.86 bits per heavy atom. The number of nitrogens with zero attached hydrogens (tertiary/aromatic N) is 2. The molecule has 1 aromatic carbocycles. The normalized spacial score (nSPS) is 11.8. The second-order valence-corrected chi connectivity index (χ2v) is 7.31. The van der Waals surface area contributed by atoms with E-state index in [-0.39, 0.29) is 17.3 Å². The zero-order valence-corrected chi connectivity index (χ0v) is 13.5. The number of halogens is 2. The van der Waals surface area contributed by atoms with Gasteiger partial charge in [-0.25, -0.2) is 13.4 Å². The Balaban J connectivity index is 2.31. The quantitative estimate of drug-likeness (QED) is 0.924. The van der Waals surface area contributed by atoms with E-state index in [0.717, 1.165) is 0 Å². The summed E-state index contributed by atoms with van der Waals surface area (Å²) < 4.78 is 26.1. The van der Waals surface area contributed by atoms with Crippen LogP contribution in [0, 0.1) is 0 Å². The zero-order valence-electron chi connectivity index (χ0n) is 11.1. The predicted octanol–water partition coefficient (Wildman–Crippen LogP) is 2.79. The molecule has 2 N–H and O–H groups in total. The molecule has 2 rings (SSSR count). The first-order chi connectivity index (χ1) is 9.80. The lowest BCUT2D eigenvalue weighted by molar-refractivity contribution is 0.467. The van der Waals surface area contributed by atoms with Crippen LogP contribution in [0.25, 0.3) is 0 Å². The second-order valence-electron chi connectivity index (χ2n) is 4.43. The van der Waals surface area contributed by atoms with Crippen LogP contribution in [0.3, 0.4) is 0 Å². The monoisotopic (exact) mass is 345 g/mol. The molecule has 0 aliphatic heterocycles. The summed E-state index contributed by atoms with van der Waals surface area (Å²) in [6.45, 7) is 0.122. The number of nitrogen functional groups attached to an aromatic ring is 1. The van der Waals surface area contributed by atoms with Gasteiger partial charge in [0.1, 0.15) is 10.7 Å². The van der Waals surface area contributed by atoms with Gasteiger partial charge in [-0.15, -0.1) is 0 Å². The number of benzene rings is 1. The number of hydrogen-bond acceptors (Lipinski definition) is 4. The Hall–Kier alpha value is -1.34. The molecule has 21 heavy (non-hydrogen) atoms. The Kier molecular flexibility index (Phi) is 4.73. The van der Waals surface area contributed by atoms with E-state index < -0.39 is 10.0 Å². The van der Waals surface area contributed by atoms with Crippen LogP contribution in [0.1, 0.15) is 5.56 Å². The fourth-order valence-corrected chi connectivity index (χ4v) is 3.63. The van der Waals surface area contributed by atoms with E-state index in [1.165, 1.54) is 29.7 Å². The first-order valence-electron chi connectivity index (χ1n) is 5.92. The third-order valence-electron chi connectivity index (χ3n) is 2.82. The minimum Gasteiger partial charge on any atom is -0.383 e. The minimum atomic E-state index is -3.73. The number of pyridine rings is 1. The van der Waals surface area contributed by atoms with Crippen LogP contribution in [0.5, 0.6) is 0 Å². The standard InChI is InChI=1S/C13H13Cl2N3O2S/c1-18(8-9-5-10(14)7-11(15)6-9)21(19,20)12-3-2-4-17-13(12)16/h2-7H,8H2,1H3,(H2,16,17). The molecule has 112 valence electrons. The van der Waals surface area contributed by atoms with Crippen molar-refractivity contribution in [3.63, 3.8) is 0 Å². The van der Waals surface area contributed by atoms with Gasteiger partial charge < -0.3 is 5.73 Å². The predicted molar refractivity (Wildman–Crippen MR) is 83.8 cm³/mol. The summed E-state index contributed by atoms with van der Waals surface area (Å²) in [7, 11) is -2.28. The first-order valence-corrected chi connectivity index (χ1v) is 8.12. The fraction of sp³-hybridized carbons (Fsp3) is 0.154. The van der Waals surface area contributed by atoms with Gasteiger partial charge in [0.05, 0.1) is 0 Å². The topological polar surface area (TPSA) is 76.3 Å². The molecule has 0 amide bonds. The van der Waals surface area contributed by atoms with Crippen LogP contribution in [-0.2, 0) is 16.6 Å². The van der Waals surface area contributed by atoms with Gasteiger partial charge in [-0.2, -0.15) is 4.31 Å². The summed E-state index contributed by atoms with van der Waals surface area (Å²) in [5.74, 6) is -0.0338. The van der Waals surface area contributed by atoms with Crippen molar-refractivity contribution in [3.8, 4) is 0 Å². The number of aromatic nitrogens is 1. The molecule has 0 aliphatic carbocycles. The van der Waals surface area contributed by atoms with Crippen LogP contribution >= 0.6 is 23.2 Å². The third kappa shape index (κ3) is 3.65. The van der Waals surface area contributed by atoms with Crippen LogP contribution in [0.4, 0.5) is 5.82 Å². The van der Waals surface area contributed by atoms with Gasteiger partial charge in [0.15, 0.2) is 0 Å². The second kappa shape index (κ2) is 6.19. The molecule has 8 heteroatoms. The van der Waals surface area contributed by atoms with Gasteiger partial charge in [-0.3, -0.25) is 0 Å². The molecule has 0 spiro atoms. The number of rotatable bonds is 4. The maximum absolute atomic E-state index is 12.5. The van der Waals surface area contributed by atoms with E-state index >= 15 is 0 Å². The Bertz CT molecular complexity index is 746. The lowest BCUT2D eigenvalue weighted by Crippen LogP contribution is -2.27. The van der Waals surface area contributed by atoms with Crippen LogP contribution < -0.4 is 5.73 Å². The largest absolute Gasteiger partial charge is 0.383 e. The fourth-order valence-electron chi connectivity index (χ4n) is 1.83. The molecule has 0 bridgehead atoms. The summed E-state index contributed by atoms with van der Waals surface area (Å²) in [6, 6.07) is 7.84. The molecule has 0 atom stereocenters. The summed E-state index contributed by atoms with van der Waals surface area (Å²) in [6.07, 6.45) is 1.44. The van der Waals surface area contributed by atoms with E-state index in [1.807, 2.05) is 0 Å². The molecule has 0 radical (unpaired) electrons. The van der Waals surface area contributed by atoms with E-state index in [2.05, 4.69) is 4.98 Å². The molecular weight excluding hydrogens is 333 g/mol. The van der Waals surface area contributed by atoms with Crippen LogP contribution in [0.15, 0.2) is 41.4 Å². The van der Waals surface area contributed by atoms with Crippen molar-refractivity contribution >= 4 is 39.0 Å².